The van der Waals surface area contributed by atoms with Crippen LogP contribution in [0.3, 0.4) is 0 Å². The number of ether oxygens (including phenoxy) is 1. The van der Waals surface area contributed by atoms with E-state index < -0.39 is 5.91 Å². The second kappa shape index (κ2) is 8.38. The fourth-order valence-electron chi connectivity index (χ4n) is 1.43. The van der Waals surface area contributed by atoms with Crippen molar-refractivity contribution in [2.75, 3.05) is 19.0 Å². The maximum absolute atomic E-state index is 11.9. The van der Waals surface area contributed by atoms with E-state index in [4.69, 9.17) is 5.26 Å². The number of nitrogens with zero attached hydrogens (tertiary/aromatic N) is 1. The van der Waals surface area contributed by atoms with Gasteiger partial charge >= 0.3 is 5.97 Å². The molecule has 0 spiro atoms. The number of esters is 1. The lowest BCUT2D eigenvalue weighted by molar-refractivity contribution is -0.140. The molecule has 0 fully saturated rings. The Labute approximate surface area is 123 Å². The van der Waals surface area contributed by atoms with Crippen LogP contribution in [0.2, 0.25) is 0 Å². The summed E-state index contributed by atoms with van der Waals surface area (Å²) in [6.07, 6.45) is 1.44. The molecule has 1 aromatic rings. The Balaban J connectivity index is 2.54. The number of carbonyl (C=O) groups excluding carboxylic acids is 2. The highest BCUT2D eigenvalue weighted by Gasteiger charge is 2.09. The van der Waals surface area contributed by atoms with Crippen LogP contribution in [0.5, 0.6) is 0 Å². The number of rotatable bonds is 6. The number of amides is 1. The van der Waals surface area contributed by atoms with Crippen molar-refractivity contribution in [3.8, 4) is 6.07 Å². The van der Waals surface area contributed by atoms with E-state index in [1.165, 1.54) is 13.3 Å². The van der Waals surface area contributed by atoms with Crippen molar-refractivity contribution in [2.24, 2.45) is 0 Å². The predicted molar refractivity (Wildman–Crippen MR) is 78.1 cm³/mol. The molecule has 0 atom stereocenters. The van der Waals surface area contributed by atoms with Crippen molar-refractivity contribution in [1.29, 1.82) is 5.26 Å². The van der Waals surface area contributed by atoms with Crippen LogP contribution in [0.15, 0.2) is 36.0 Å². The highest BCUT2D eigenvalue weighted by molar-refractivity contribution is 6.06. The molecule has 0 aliphatic carbocycles. The van der Waals surface area contributed by atoms with Gasteiger partial charge in [0.05, 0.1) is 13.5 Å². The maximum Gasteiger partial charge on any atom is 0.307 e. The van der Waals surface area contributed by atoms with Crippen LogP contribution in [0.25, 0.3) is 0 Å². The molecule has 0 aliphatic rings. The van der Waals surface area contributed by atoms with Crippen LogP contribution in [0.4, 0.5) is 5.69 Å². The van der Waals surface area contributed by atoms with Gasteiger partial charge in [0.25, 0.3) is 5.91 Å². The zero-order valence-corrected chi connectivity index (χ0v) is 12.0. The number of nitriles is 1. The lowest BCUT2D eigenvalue weighted by Crippen LogP contribution is -2.18. The number of benzene rings is 1. The Morgan fingerprint density at radius 1 is 1.33 bits per heavy atom. The molecule has 110 valence electrons. The predicted octanol–water partition coefficient (Wildman–Crippen LogP) is 1.49. The smallest absolute Gasteiger partial charge is 0.307 e. The summed E-state index contributed by atoms with van der Waals surface area (Å²) in [7, 11) is 1.30. The fourth-order valence-corrected chi connectivity index (χ4v) is 1.43. The van der Waals surface area contributed by atoms with Gasteiger partial charge in [-0.15, -0.1) is 0 Å². The Morgan fingerprint density at radius 2 is 2.00 bits per heavy atom. The van der Waals surface area contributed by atoms with Gasteiger partial charge in [0.1, 0.15) is 11.6 Å². The van der Waals surface area contributed by atoms with Gasteiger partial charge in [-0.3, -0.25) is 9.59 Å². The minimum absolute atomic E-state index is 0.0690. The first kappa shape index (κ1) is 16.2. The average molecular weight is 287 g/mol. The number of carbonyl (C=O) groups is 2. The van der Waals surface area contributed by atoms with E-state index >= 15 is 0 Å². The number of nitrogens with one attached hydrogen (secondary N) is 2. The molecular weight excluding hydrogens is 270 g/mol. The topological polar surface area (TPSA) is 91.2 Å². The third kappa shape index (κ3) is 5.78. The molecule has 0 bridgehead atoms. The van der Waals surface area contributed by atoms with Gasteiger partial charge in [-0.2, -0.15) is 5.26 Å². The summed E-state index contributed by atoms with van der Waals surface area (Å²) in [6.45, 7) is 2.23. The number of aryl methyl sites for hydroxylation is 1. The quantitative estimate of drug-likeness (QED) is 0.358. The van der Waals surface area contributed by atoms with Crippen LogP contribution < -0.4 is 10.6 Å². The number of hydrogen-bond donors (Lipinski definition) is 2. The van der Waals surface area contributed by atoms with Gasteiger partial charge in [0.15, 0.2) is 0 Å². The Bertz CT molecular complexity index is 571. The largest absolute Gasteiger partial charge is 0.469 e. The van der Waals surface area contributed by atoms with Crippen LogP contribution in [-0.4, -0.2) is 25.5 Å². The van der Waals surface area contributed by atoms with Crippen molar-refractivity contribution < 1.29 is 14.3 Å². The van der Waals surface area contributed by atoms with Gasteiger partial charge in [-0.05, 0) is 19.1 Å². The summed E-state index contributed by atoms with van der Waals surface area (Å²) in [5.74, 6) is -0.870. The van der Waals surface area contributed by atoms with Crippen LogP contribution >= 0.6 is 0 Å². The molecule has 1 aromatic carbocycles. The van der Waals surface area contributed by atoms with Gasteiger partial charge in [0.2, 0.25) is 0 Å². The van der Waals surface area contributed by atoms with Crippen LogP contribution in [-0.2, 0) is 14.3 Å². The molecule has 6 heteroatoms. The highest BCUT2D eigenvalue weighted by Crippen LogP contribution is 2.09. The first-order valence-corrected chi connectivity index (χ1v) is 6.35. The van der Waals surface area contributed by atoms with E-state index in [-0.39, 0.29) is 24.5 Å². The van der Waals surface area contributed by atoms with Crippen molar-refractivity contribution in [1.82, 2.24) is 5.32 Å². The molecule has 21 heavy (non-hydrogen) atoms. The molecule has 0 unspecified atom stereocenters. The summed E-state index contributed by atoms with van der Waals surface area (Å²) in [5, 5.41) is 14.3. The zero-order valence-electron chi connectivity index (χ0n) is 12.0. The van der Waals surface area contributed by atoms with Gasteiger partial charge < -0.3 is 15.4 Å². The van der Waals surface area contributed by atoms with Crippen LogP contribution in [0, 0.1) is 18.3 Å². The third-order valence-electron chi connectivity index (χ3n) is 2.62. The molecule has 1 rings (SSSR count). The third-order valence-corrected chi connectivity index (χ3v) is 2.62. The molecule has 0 saturated heterocycles. The van der Waals surface area contributed by atoms with E-state index in [0.717, 1.165) is 5.56 Å². The SMILES string of the molecule is COC(=O)CCN/C=C(/C#N)C(=O)Nc1ccc(C)cc1. The molecule has 0 aromatic heterocycles. The normalized spacial score (nSPS) is 10.4. The first-order chi connectivity index (χ1) is 10.1. The van der Waals surface area contributed by atoms with Gasteiger partial charge in [0, 0.05) is 18.4 Å². The maximum atomic E-state index is 11.9. The molecular formula is C15H17N3O3. The molecule has 1 amide bonds. The van der Waals surface area contributed by atoms with Crippen molar-refractivity contribution in [3.63, 3.8) is 0 Å². The minimum atomic E-state index is -0.507. The van der Waals surface area contributed by atoms with E-state index in [9.17, 15) is 9.59 Å². The second-order valence-corrected chi connectivity index (χ2v) is 4.27. The Morgan fingerprint density at radius 3 is 2.57 bits per heavy atom. The standard InChI is InChI=1S/C15H17N3O3/c1-11-3-5-13(6-4-11)18-15(20)12(9-16)10-17-8-7-14(19)21-2/h3-6,10,17H,7-8H2,1-2H3,(H,18,20)/b12-10-. The van der Waals surface area contributed by atoms with Crippen molar-refractivity contribution in [2.45, 2.75) is 13.3 Å². The second-order valence-electron chi connectivity index (χ2n) is 4.27. The fraction of sp³-hybridized carbons (Fsp3) is 0.267. The Kier molecular flexibility index (Phi) is 6.48. The molecule has 0 heterocycles. The lowest BCUT2D eigenvalue weighted by Gasteiger charge is -2.05. The summed E-state index contributed by atoms with van der Waals surface area (Å²) in [5.41, 5.74) is 1.62. The highest BCUT2D eigenvalue weighted by atomic mass is 16.5. The Hall–Kier alpha value is -2.81. The summed E-state index contributed by atoms with van der Waals surface area (Å²) >= 11 is 0. The van der Waals surface area contributed by atoms with E-state index in [1.54, 1.807) is 18.2 Å². The molecule has 0 aliphatic heterocycles. The molecule has 2 N–H and O–H groups in total. The summed E-state index contributed by atoms with van der Waals surface area (Å²) < 4.78 is 4.48. The summed E-state index contributed by atoms with van der Waals surface area (Å²) in [6, 6.07) is 9.04. The number of methoxy groups -OCH3 is 1. The average Bonchev–Trinajstić information content (AvgIpc) is 2.49. The molecule has 0 radical (unpaired) electrons. The number of hydrogen-bond acceptors (Lipinski definition) is 5. The van der Waals surface area contributed by atoms with E-state index in [1.807, 2.05) is 19.1 Å². The van der Waals surface area contributed by atoms with E-state index in [2.05, 4.69) is 15.4 Å². The van der Waals surface area contributed by atoms with E-state index in [0.29, 0.717) is 5.69 Å². The minimum Gasteiger partial charge on any atom is -0.469 e. The molecule has 6 nitrogen and oxygen atoms in total. The first-order valence-electron chi connectivity index (χ1n) is 6.35. The number of anilines is 1. The van der Waals surface area contributed by atoms with Crippen molar-refractivity contribution in [3.05, 3.63) is 41.6 Å². The van der Waals surface area contributed by atoms with Gasteiger partial charge in [-0.25, -0.2) is 0 Å². The monoisotopic (exact) mass is 287 g/mol. The zero-order chi connectivity index (χ0) is 15.7. The molecule has 0 saturated carbocycles. The van der Waals surface area contributed by atoms with Crippen LogP contribution in [0.1, 0.15) is 12.0 Å². The van der Waals surface area contributed by atoms with Crippen molar-refractivity contribution >= 4 is 17.6 Å². The van der Waals surface area contributed by atoms with Gasteiger partial charge in [-0.1, -0.05) is 17.7 Å². The summed E-state index contributed by atoms with van der Waals surface area (Å²) in [4.78, 5) is 22.8. The lowest BCUT2D eigenvalue weighted by atomic mass is 10.2.